The summed E-state index contributed by atoms with van der Waals surface area (Å²) >= 11 is 5.78. The molecule has 0 unspecified atom stereocenters. The third-order valence-corrected chi connectivity index (χ3v) is 2.57. The predicted molar refractivity (Wildman–Crippen MR) is 71.4 cm³/mol. The van der Waals surface area contributed by atoms with Crippen molar-refractivity contribution in [2.75, 3.05) is 12.8 Å². The van der Waals surface area contributed by atoms with Gasteiger partial charge in [-0.25, -0.2) is 0 Å². The van der Waals surface area contributed by atoms with Gasteiger partial charge in [0.15, 0.2) is 11.5 Å². The number of halogens is 1. The molecule has 5 nitrogen and oxygen atoms in total. The van der Waals surface area contributed by atoms with E-state index in [4.69, 9.17) is 32.1 Å². The van der Waals surface area contributed by atoms with Gasteiger partial charge >= 0.3 is 0 Å². The van der Waals surface area contributed by atoms with Crippen molar-refractivity contribution in [1.29, 1.82) is 5.26 Å². The molecule has 2 aromatic rings. The van der Waals surface area contributed by atoms with Gasteiger partial charge in [0.25, 0.3) is 0 Å². The van der Waals surface area contributed by atoms with Crippen LogP contribution in [0.1, 0.15) is 5.56 Å². The lowest BCUT2D eigenvalue weighted by molar-refractivity contribution is 0.375. The summed E-state index contributed by atoms with van der Waals surface area (Å²) in [7, 11) is 1.48. The SMILES string of the molecule is COc1cc(C#N)ccc1Oc1nc(Cl)ccc1N. The van der Waals surface area contributed by atoms with Crippen LogP contribution in [0.2, 0.25) is 5.15 Å². The van der Waals surface area contributed by atoms with E-state index < -0.39 is 0 Å². The number of nitrogen functional groups attached to an aromatic ring is 1. The number of nitrogens with two attached hydrogens (primary N) is 1. The van der Waals surface area contributed by atoms with Gasteiger partial charge in [0, 0.05) is 6.07 Å². The van der Waals surface area contributed by atoms with Gasteiger partial charge in [-0.1, -0.05) is 11.6 Å². The highest BCUT2D eigenvalue weighted by Gasteiger charge is 2.10. The summed E-state index contributed by atoms with van der Waals surface area (Å²) in [5.41, 5.74) is 6.57. The first-order valence-corrected chi connectivity index (χ1v) is 5.70. The molecule has 0 aliphatic rings. The van der Waals surface area contributed by atoms with Crippen LogP contribution in [0, 0.1) is 11.3 Å². The highest BCUT2D eigenvalue weighted by molar-refractivity contribution is 6.29. The van der Waals surface area contributed by atoms with Gasteiger partial charge in [-0.05, 0) is 24.3 Å². The van der Waals surface area contributed by atoms with Crippen molar-refractivity contribution in [2.24, 2.45) is 0 Å². The second-order valence-corrected chi connectivity index (χ2v) is 4.00. The van der Waals surface area contributed by atoms with E-state index in [0.29, 0.717) is 22.7 Å². The Hall–Kier alpha value is -2.45. The molecule has 1 aromatic heterocycles. The van der Waals surface area contributed by atoms with Crippen molar-refractivity contribution in [2.45, 2.75) is 0 Å². The van der Waals surface area contributed by atoms with Crippen LogP contribution < -0.4 is 15.2 Å². The number of pyridine rings is 1. The van der Waals surface area contributed by atoms with Crippen molar-refractivity contribution in [3.05, 3.63) is 41.0 Å². The molecule has 0 spiro atoms. The first-order chi connectivity index (χ1) is 9.13. The number of hydrogen-bond donors (Lipinski definition) is 1. The molecule has 19 heavy (non-hydrogen) atoms. The zero-order valence-corrected chi connectivity index (χ0v) is 10.8. The van der Waals surface area contributed by atoms with Gasteiger partial charge in [0.05, 0.1) is 24.4 Å². The summed E-state index contributed by atoms with van der Waals surface area (Å²) in [6.07, 6.45) is 0. The lowest BCUT2D eigenvalue weighted by Gasteiger charge is -2.11. The monoisotopic (exact) mass is 275 g/mol. The number of benzene rings is 1. The predicted octanol–water partition coefficient (Wildman–Crippen LogP) is 2.99. The van der Waals surface area contributed by atoms with Crippen molar-refractivity contribution < 1.29 is 9.47 Å². The second-order valence-electron chi connectivity index (χ2n) is 3.61. The molecule has 0 bridgehead atoms. The molecule has 0 radical (unpaired) electrons. The molecule has 2 rings (SSSR count). The summed E-state index contributed by atoms with van der Waals surface area (Å²) in [4.78, 5) is 3.98. The Balaban J connectivity index is 2.38. The fourth-order valence-electron chi connectivity index (χ4n) is 1.44. The topological polar surface area (TPSA) is 81.2 Å². The average molecular weight is 276 g/mol. The van der Waals surface area contributed by atoms with E-state index in [9.17, 15) is 0 Å². The van der Waals surface area contributed by atoms with Gasteiger partial charge in [0.1, 0.15) is 5.15 Å². The Labute approximate surface area is 115 Å². The zero-order valence-electron chi connectivity index (χ0n) is 10.1. The molecular formula is C13H10ClN3O2. The fourth-order valence-corrected chi connectivity index (χ4v) is 1.58. The molecule has 96 valence electrons. The van der Waals surface area contributed by atoms with Crippen LogP contribution in [0.25, 0.3) is 0 Å². The van der Waals surface area contributed by atoms with Crippen molar-refractivity contribution in [1.82, 2.24) is 4.98 Å². The molecule has 0 aliphatic carbocycles. The minimum Gasteiger partial charge on any atom is -0.493 e. The molecule has 0 saturated heterocycles. The minimum absolute atomic E-state index is 0.190. The van der Waals surface area contributed by atoms with Gasteiger partial charge in [-0.15, -0.1) is 0 Å². The van der Waals surface area contributed by atoms with Gasteiger partial charge in [0.2, 0.25) is 5.88 Å². The molecule has 6 heteroatoms. The number of rotatable bonds is 3. The van der Waals surface area contributed by atoms with Crippen LogP contribution >= 0.6 is 11.6 Å². The minimum atomic E-state index is 0.190. The summed E-state index contributed by atoms with van der Waals surface area (Å²) in [6, 6.07) is 9.97. The fraction of sp³-hybridized carbons (Fsp3) is 0.0769. The maximum absolute atomic E-state index is 8.82. The van der Waals surface area contributed by atoms with Gasteiger partial charge in [-0.3, -0.25) is 0 Å². The second kappa shape index (κ2) is 5.46. The van der Waals surface area contributed by atoms with Crippen LogP contribution in [0.4, 0.5) is 5.69 Å². The largest absolute Gasteiger partial charge is 0.493 e. The van der Waals surface area contributed by atoms with Crippen LogP contribution in [-0.2, 0) is 0 Å². The maximum Gasteiger partial charge on any atom is 0.244 e. The molecule has 0 fully saturated rings. The Morgan fingerprint density at radius 3 is 2.74 bits per heavy atom. The summed E-state index contributed by atoms with van der Waals surface area (Å²) in [6.45, 7) is 0. The molecule has 0 atom stereocenters. The summed E-state index contributed by atoms with van der Waals surface area (Å²) in [5, 5.41) is 9.10. The zero-order chi connectivity index (χ0) is 13.8. The Morgan fingerprint density at radius 1 is 1.26 bits per heavy atom. The van der Waals surface area contributed by atoms with Crippen molar-refractivity contribution in [3.8, 4) is 23.4 Å². The first kappa shape index (κ1) is 13.0. The van der Waals surface area contributed by atoms with E-state index in [2.05, 4.69) is 4.98 Å². The number of anilines is 1. The molecule has 0 amide bonds. The van der Waals surface area contributed by atoms with E-state index in [1.807, 2.05) is 6.07 Å². The third kappa shape index (κ3) is 2.87. The smallest absolute Gasteiger partial charge is 0.244 e. The normalized spacial score (nSPS) is 9.74. The lowest BCUT2D eigenvalue weighted by atomic mass is 10.2. The molecule has 0 aliphatic heterocycles. The summed E-state index contributed by atoms with van der Waals surface area (Å²) in [5.74, 6) is 1.01. The average Bonchev–Trinajstić information content (AvgIpc) is 2.43. The highest BCUT2D eigenvalue weighted by Crippen LogP contribution is 2.34. The Morgan fingerprint density at radius 2 is 2.05 bits per heavy atom. The quantitative estimate of drug-likeness (QED) is 0.871. The van der Waals surface area contributed by atoms with Gasteiger partial charge in [-0.2, -0.15) is 10.2 Å². The van der Waals surface area contributed by atoms with E-state index in [-0.39, 0.29) is 11.0 Å². The van der Waals surface area contributed by atoms with Crippen LogP contribution in [0.15, 0.2) is 30.3 Å². The maximum atomic E-state index is 8.82. The number of nitrogens with zero attached hydrogens (tertiary/aromatic N) is 2. The van der Waals surface area contributed by atoms with Crippen molar-refractivity contribution >= 4 is 17.3 Å². The number of ether oxygens (including phenoxy) is 2. The number of methoxy groups -OCH3 is 1. The molecule has 2 N–H and O–H groups in total. The standard InChI is InChI=1S/C13H10ClN3O2/c1-18-11-6-8(7-15)2-4-10(11)19-13-9(16)3-5-12(14)17-13/h2-6H,16H2,1H3. The van der Waals surface area contributed by atoms with E-state index in [1.165, 1.54) is 7.11 Å². The molecule has 0 saturated carbocycles. The van der Waals surface area contributed by atoms with E-state index >= 15 is 0 Å². The first-order valence-electron chi connectivity index (χ1n) is 5.32. The third-order valence-electron chi connectivity index (χ3n) is 2.36. The van der Waals surface area contributed by atoms with Crippen LogP contribution in [-0.4, -0.2) is 12.1 Å². The highest BCUT2D eigenvalue weighted by atomic mass is 35.5. The van der Waals surface area contributed by atoms with Crippen LogP contribution in [0.5, 0.6) is 17.4 Å². The Kier molecular flexibility index (Phi) is 3.74. The molecule has 1 heterocycles. The number of aromatic nitrogens is 1. The van der Waals surface area contributed by atoms with Crippen molar-refractivity contribution in [3.63, 3.8) is 0 Å². The molecular weight excluding hydrogens is 266 g/mol. The van der Waals surface area contributed by atoms with Gasteiger partial charge < -0.3 is 15.2 Å². The Bertz CT molecular complexity index is 653. The van der Waals surface area contributed by atoms with E-state index in [1.54, 1.807) is 30.3 Å². The number of hydrogen-bond acceptors (Lipinski definition) is 5. The molecule has 1 aromatic carbocycles. The summed E-state index contributed by atoms with van der Waals surface area (Å²) < 4.78 is 10.7. The van der Waals surface area contributed by atoms with E-state index in [0.717, 1.165) is 0 Å². The van der Waals surface area contributed by atoms with Crippen LogP contribution in [0.3, 0.4) is 0 Å². The lowest BCUT2D eigenvalue weighted by Crippen LogP contribution is -1.97. The number of nitriles is 1.